The summed E-state index contributed by atoms with van der Waals surface area (Å²) in [6.45, 7) is 1.94. The van der Waals surface area contributed by atoms with Crippen LogP contribution >= 0.6 is 0 Å². The first-order chi connectivity index (χ1) is 16.6. The van der Waals surface area contributed by atoms with E-state index in [1.807, 2.05) is 36.4 Å². The molecule has 4 rings (SSSR count). The molecule has 1 N–H and O–H groups in total. The Morgan fingerprint density at radius 1 is 0.912 bits per heavy atom. The van der Waals surface area contributed by atoms with Crippen LogP contribution in [0.3, 0.4) is 0 Å². The molecular formula is C28H29NO5. The van der Waals surface area contributed by atoms with Crippen molar-refractivity contribution in [2.75, 3.05) is 19.7 Å². The molecule has 3 aromatic rings. The van der Waals surface area contributed by atoms with E-state index in [2.05, 4.69) is 0 Å². The molecule has 34 heavy (non-hydrogen) atoms. The molecule has 1 aliphatic rings. The molecule has 0 radical (unpaired) electrons. The summed E-state index contributed by atoms with van der Waals surface area (Å²) in [5.74, 6) is 0.0849. The smallest absolute Gasteiger partial charge is 0.347 e. The van der Waals surface area contributed by atoms with Crippen molar-refractivity contribution in [1.29, 1.82) is 0 Å². The number of rotatable bonds is 9. The van der Waals surface area contributed by atoms with E-state index in [1.165, 1.54) is 0 Å². The topological polar surface area (TPSA) is 76.1 Å². The minimum Gasteiger partial charge on any atom is -0.489 e. The highest BCUT2D eigenvalue weighted by molar-refractivity contribution is 5.85. The third-order valence-electron chi connectivity index (χ3n) is 6.26. The normalized spacial score (nSPS) is 15.9. The SMILES string of the molecule is O=CN1CCC(COC(=O)C(O)(c2ccccc2)c2ccc(OCc3ccccc3)cc2)CC1. The second kappa shape index (κ2) is 11.0. The van der Waals surface area contributed by atoms with E-state index in [0.29, 0.717) is 36.6 Å². The molecule has 0 aromatic heterocycles. The highest BCUT2D eigenvalue weighted by atomic mass is 16.5. The summed E-state index contributed by atoms with van der Waals surface area (Å²) < 4.78 is 11.5. The fourth-order valence-corrected chi connectivity index (χ4v) is 4.14. The minimum absolute atomic E-state index is 0.161. The van der Waals surface area contributed by atoms with Crippen LogP contribution < -0.4 is 4.74 Å². The van der Waals surface area contributed by atoms with Crippen LogP contribution in [0.1, 0.15) is 29.5 Å². The molecule has 1 saturated heterocycles. The molecule has 0 aliphatic carbocycles. The summed E-state index contributed by atoms with van der Waals surface area (Å²) in [5, 5.41) is 11.7. The molecule has 1 aliphatic heterocycles. The van der Waals surface area contributed by atoms with Crippen LogP contribution in [0.25, 0.3) is 0 Å². The number of carbonyl (C=O) groups excluding carboxylic acids is 2. The molecule has 1 heterocycles. The van der Waals surface area contributed by atoms with Crippen molar-refractivity contribution in [1.82, 2.24) is 4.90 Å². The third kappa shape index (κ3) is 5.46. The number of amides is 1. The molecule has 0 bridgehead atoms. The maximum Gasteiger partial charge on any atom is 0.347 e. The number of hydrogen-bond donors (Lipinski definition) is 1. The van der Waals surface area contributed by atoms with E-state index < -0.39 is 11.6 Å². The summed E-state index contributed by atoms with van der Waals surface area (Å²) in [7, 11) is 0. The number of benzene rings is 3. The van der Waals surface area contributed by atoms with Gasteiger partial charge in [0.05, 0.1) is 6.61 Å². The molecule has 6 heteroatoms. The Morgan fingerprint density at radius 2 is 1.50 bits per heavy atom. The number of esters is 1. The number of hydrogen-bond acceptors (Lipinski definition) is 5. The Balaban J connectivity index is 1.48. The molecule has 1 amide bonds. The highest BCUT2D eigenvalue weighted by Crippen LogP contribution is 2.33. The monoisotopic (exact) mass is 459 g/mol. The van der Waals surface area contributed by atoms with Crippen molar-refractivity contribution in [3.8, 4) is 5.75 Å². The molecule has 0 spiro atoms. The van der Waals surface area contributed by atoms with Gasteiger partial charge in [-0.1, -0.05) is 72.8 Å². The predicted octanol–water partition coefficient (Wildman–Crippen LogP) is 3.91. The molecule has 3 aromatic carbocycles. The lowest BCUT2D eigenvalue weighted by atomic mass is 9.86. The van der Waals surface area contributed by atoms with E-state index in [1.54, 1.807) is 53.4 Å². The molecular weight excluding hydrogens is 430 g/mol. The lowest BCUT2D eigenvalue weighted by molar-refractivity contribution is -0.164. The second-order valence-corrected chi connectivity index (χ2v) is 8.56. The van der Waals surface area contributed by atoms with Gasteiger partial charge in [-0.05, 0) is 47.6 Å². The van der Waals surface area contributed by atoms with Crippen LogP contribution in [0.2, 0.25) is 0 Å². The van der Waals surface area contributed by atoms with Crippen LogP contribution in [0.5, 0.6) is 5.75 Å². The minimum atomic E-state index is -1.94. The fourth-order valence-electron chi connectivity index (χ4n) is 4.14. The Bertz CT molecular complexity index is 1060. The zero-order valence-corrected chi connectivity index (χ0v) is 19.0. The van der Waals surface area contributed by atoms with Crippen LogP contribution in [0, 0.1) is 5.92 Å². The van der Waals surface area contributed by atoms with Crippen molar-refractivity contribution < 1.29 is 24.2 Å². The van der Waals surface area contributed by atoms with Gasteiger partial charge in [0.25, 0.3) is 0 Å². The molecule has 1 fully saturated rings. The maximum absolute atomic E-state index is 13.3. The van der Waals surface area contributed by atoms with Gasteiger partial charge in [0.2, 0.25) is 12.0 Å². The fraction of sp³-hybridized carbons (Fsp3) is 0.286. The number of likely N-dealkylation sites (tertiary alicyclic amines) is 1. The third-order valence-corrected chi connectivity index (χ3v) is 6.26. The van der Waals surface area contributed by atoms with E-state index in [-0.39, 0.29) is 12.5 Å². The van der Waals surface area contributed by atoms with Crippen LogP contribution in [0.15, 0.2) is 84.9 Å². The van der Waals surface area contributed by atoms with Crippen LogP contribution in [0.4, 0.5) is 0 Å². The van der Waals surface area contributed by atoms with Gasteiger partial charge in [-0.3, -0.25) is 4.79 Å². The zero-order chi connectivity index (χ0) is 23.8. The first kappa shape index (κ1) is 23.5. The van der Waals surface area contributed by atoms with E-state index in [4.69, 9.17) is 9.47 Å². The average molecular weight is 460 g/mol. The largest absolute Gasteiger partial charge is 0.489 e. The summed E-state index contributed by atoms with van der Waals surface area (Å²) in [4.78, 5) is 25.9. The first-order valence-electron chi connectivity index (χ1n) is 11.5. The van der Waals surface area contributed by atoms with E-state index in [0.717, 1.165) is 24.8 Å². The Kier molecular flexibility index (Phi) is 7.60. The van der Waals surface area contributed by atoms with Gasteiger partial charge in [0.1, 0.15) is 12.4 Å². The molecule has 1 unspecified atom stereocenters. The maximum atomic E-state index is 13.3. The van der Waals surface area contributed by atoms with Gasteiger partial charge < -0.3 is 19.5 Å². The molecule has 1 atom stereocenters. The zero-order valence-electron chi connectivity index (χ0n) is 19.0. The summed E-state index contributed by atoms with van der Waals surface area (Å²) in [6.07, 6.45) is 2.39. The van der Waals surface area contributed by atoms with Gasteiger partial charge in [0, 0.05) is 13.1 Å². The van der Waals surface area contributed by atoms with Crippen molar-refractivity contribution in [2.45, 2.75) is 25.0 Å². The van der Waals surface area contributed by atoms with Crippen LogP contribution in [-0.2, 0) is 26.5 Å². The first-order valence-corrected chi connectivity index (χ1v) is 11.5. The number of piperidine rings is 1. The Labute approximate surface area is 199 Å². The number of carbonyl (C=O) groups is 2. The number of nitrogens with zero attached hydrogens (tertiary/aromatic N) is 1. The van der Waals surface area contributed by atoms with Gasteiger partial charge >= 0.3 is 5.97 Å². The number of ether oxygens (including phenoxy) is 2. The Morgan fingerprint density at radius 3 is 2.12 bits per heavy atom. The van der Waals surface area contributed by atoms with Gasteiger partial charge in [-0.15, -0.1) is 0 Å². The van der Waals surface area contributed by atoms with Gasteiger partial charge in [-0.25, -0.2) is 4.79 Å². The van der Waals surface area contributed by atoms with Crippen molar-refractivity contribution in [3.63, 3.8) is 0 Å². The average Bonchev–Trinajstić information content (AvgIpc) is 2.91. The standard InChI is InChI=1S/C28H29NO5/c30-21-29-17-15-23(16-18-29)20-34-27(31)28(32,24-9-5-2-6-10-24)25-11-13-26(14-12-25)33-19-22-7-3-1-4-8-22/h1-14,21,23,32H,15-20H2. The molecule has 176 valence electrons. The summed E-state index contributed by atoms with van der Waals surface area (Å²) in [5.41, 5.74) is -0.0434. The van der Waals surface area contributed by atoms with Crippen molar-refractivity contribution in [3.05, 3.63) is 102 Å². The predicted molar refractivity (Wildman–Crippen MR) is 128 cm³/mol. The van der Waals surface area contributed by atoms with Crippen LogP contribution in [-0.4, -0.2) is 42.1 Å². The number of aliphatic hydroxyl groups is 1. The summed E-state index contributed by atoms with van der Waals surface area (Å²) in [6, 6.07) is 25.5. The Hall–Kier alpha value is -3.64. The molecule has 0 saturated carbocycles. The van der Waals surface area contributed by atoms with Crippen molar-refractivity contribution in [2.24, 2.45) is 5.92 Å². The lowest BCUT2D eigenvalue weighted by Crippen LogP contribution is -2.40. The lowest BCUT2D eigenvalue weighted by Gasteiger charge is -2.31. The quantitative estimate of drug-likeness (QED) is 0.388. The van der Waals surface area contributed by atoms with E-state index in [9.17, 15) is 14.7 Å². The summed E-state index contributed by atoms with van der Waals surface area (Å²) >= 11 is 0. The van der Waals surface area contributed by atoms with Gasteiger partial charge in [-0.2, -0.15) is 0 Å². The van der Waals surface area contributed by atoms with Crippen molar-refractivity contribution >= 4 is 12.4 Å². The highest BCUT2D eigenvalue weighted by Gasteiger charge is 2.42. The van der Waals surface area contributed by atoms with Gasteiger partial charge in [0.15, 0.2) is 0 Å². The van der Waals surface area contributed by atoms with E-state index >= 15 is 0 Å². The molecule has 6 nitrogen and oxygen atoms in total. The second-order valence-electron chi connectivity index (χ2n) is 8.56.